The third-order valence-electron chi connectivity index (χ3n) is 12.5. The van der Waals surface area contributed by atoms with E-state index < -0.39 is 5.54 Å². The molecule has 6 heteroatoms. The average molecular weight is 941 g/mol. The molecule has 1 unspecified atom stereocenters. The first-order chi connectivity index (χ1) is 29.7. The van der Waals surface area contributed by atoms with Crippen LogP contribution in [0.1, 0.15) is 113 Å². The monoisotopic (exact) mass is 938 g/mol. The predicted molar refractivity (Wildman–Crippen MR) is 270 cm³/mol. The number of halogens is 2. The van der Waals surface area contributed by atoms with Crippen LogP contribution in [0.3, 0.4) is 0 Å². The topological polar surface area (TPSA) is 44.5 Å². The Labute approximate surface area is 383 Å². The van der Waals surface area contributed by atoms with Gasteiger partial charge in [0.15, 0.2) is 0 Å². The molecule has 1 aliphatic carbocycles. The molecule has 4 nitrogen and oxygen atoms in total. The summed E-state index contributed by atoms with van der Waals surface area (Å²) in [6.07, 6.45) is 14.4. The summed E-state index contributed by atoms with van der Waals surface area (Å²) in [6.45, 7) is 9.78. The number of benzene rings is 6. The van der Waals surface area contributed by atoms with Gasteiger partial charge in [-0.15, -0.1) is 0 Å². The molecular weight excluding hydrogens is 876 g/mol. The second-order valence-electron chi connectivity index (χ2n) is 17.1. The first-order valence-corrected chi connectivity index (χ1v) is 24.4. The minimum atomic E-state index is -0.609. The Kier molecular flexibility index (Phi) is 15.6. The van der Waals surface area contributed by atoms with Crippen molar-refractivity contribution in [1.29, 1.82) is 0 Å². The molecule has 7 rings (SSSR count). The number of nitrogens with zero attached hydrogens (tertiary/aromatic N) is 2. The van der Waals surface area contributed by atoms with Crippen molar-refractivity contribution >= 4 is 66.0 Å². The molecule has 0 saturated carbocycles. The maximum Gasteiger partial charge on any atom is 0.0857 e. The average Bonchev–Trinajstić information content (AvgIpc) is 3.55. The standard InChI is InChI=1S/C55H64Br2N4/c1-5-7-9-11-13-15-37-59-55(54(58)16-14-12-10-8-6-2)52-38-48(60(44-25-17-40(3)18-26-44)46-29-21-42(56)22-30-46)33-35-50(52)51-36-34-49(39-53(51)55)61(45-27-19-41(4)20-28-45)47-31-23-43(57)24-32-47/h17-36,38-39,54,59H,5-16,37,58H2,1-4H3. The second-order valence-corrected chi connectivity index (χ2v) is 18.9. The lowest BCUT2D eigenvalue weighted by Gasteiger charge is -2.40. The van der Waals surface area contributed by atoms with Gasteiger partial charge in [-0.3, -0.25) is 0 Å². The van der Waals surface area contributed by atoms with Gasteiger partial charge in [-0.2, -0.15) is 0 Å². The zero-order valence-corrected chi connectivity index (χ0v) is 39.9. The molecule has 3 N–H and O–H groups in total. The van der Waals surface area contributed by atoms with Crippen LogP contribution in [0.25, 0.3) is 11.1 Å². The molecule has 0 bridgehead atoms. The van der Waals surface area contributed by atoms with Crippen molar-refractivity contribution in [3.8, 4) is 11.1 Å². The Morgan fingerprint density at radius 2 is 0.836 bits per heavy atom. The lowest BCUT2D eigenvalue weighted by atomic mass is 9.78. The fourth-order valence-corrected chi connectivity index (χ4v) is 9.70. The fraction of sp³-hybridized carbons (Fsp3) is 0.345. The lowest BCUT2D eigenvalue weighted by molar-refractivity contribution is 0.310. The molecule has 0 spiro atoms. The maximum atomic E-state index is 7.80. The van der Waals surface area contributed by atoms with Crippen molar-refractivity contribution in [1.82, 2.24) is 5.32 Å². The number of aryl methyl sites for hydroxylation is 2. The van der Waals surface area contributed by atoms with Gasteiger partial charge in [0.2, 0.25) is 0 Å². The lowest BCUT2D eigenvalue weighted by Crippen LogP contribution is -2.55. The smallest absolute Gasteiger partial charge is 0.0857 e. The number of hydrogen-bond acceptors (Lipinski definition) is 4. The summed E-state index contributed by atoms with van der Waals surface area (Å²) in [5.74, 6) is 0. The van der Waals surface area contributed by atoms with Gasteiger partial charge in [-0.1, -0.05) is 157 Å². The van der Waals surface area contributed by atoms with Crippen molar-refractivity contribution in [3.63, 3.8) is 0 Å². The predicted octanol–water partition coefficient (Wildman–Crippen LogP) is 16.6. The largest absolute Gasteiger partial charge is 0.326 e. The van der Waals surface area contributed by atoms with Crippen LogP contribution in [0.2, 0.25) is 0 Å². The zero-order valence-electron chi connectivity index (χ0n) is 36.7. The Bertz CT molecular complexity index is 2070. The summed E-state index contributed by atoms with van der Waals surface area (Å²) in [4.78, 5) is 4.78. The zero-order chi connectivity index (χ0) is 42.8. The molecule has 318 valence electrons. The van der Waals surface area contributed by atoms with Gasteiger partial charge in [-0.25, -0.2) is 0 Å². The number of hydrogen-bond donors (Lipinski definition) is 2. The van der Waals surface area contributed by atoms with Crippen LogP contribution in [0, 0.1) is 13.8 Å². The van der Waals surface area contributed by atoms with Crippen LogP contribution in [-0.4, -0.2) is 12.6 Å². The number of nitrogens with two attached hydrogens (primary N) is 1. The number of fused-ring (bicyclic) bond motifs is 3. The van der Waals surface area contributed by atoms with E-state index in [0.717, 1.165) is 68.9 Å². The van der Waals surface area contributed by atoms with E-state index in [1.165, 1.54) is 91.2 Å². The van der Waals surface area contributed by atoms with Gasteiger partial charge >= 0.3 is 0 Å². The minimum Gasteiger partial charge on any atom is -0.326 e. The molecule has 0 amide bonds. The van der Waals surface area contributed by atoms with E-state index in [4.69, 9.17) is 5.73 Å². The summed E-state index contributed by atoms with van der Waals surface area (Å²) in [5.41, 5.74) is 21.4. The third kappa shape index (κ3) is 10.4. The highest BCUT2D eigenvalue weighted by Gasteiger charge is 2.48. The van der Waals surface area contributed by atoms with E-state index in [0.29, 0.717) is 0 Å². The molecule has 0 aromatic heterocycles. The molecule has 0 fully saturated rings. The summed E-state index contributed by atoms with van der Waals surface area (Å²) >= 11 is 7.38. The fourth-order valence-electron chi connectivity index (χ4n) is 9.17. The number of nitrogens with one attached hydrogen (secondary N) is 1. The Balaban J connectivity index is 1.41. The Hall–Kier alpha value is -4.20. The van der Waals surface area contributed by atoms with Gasteiger partial charge < -0.3 is 20.9 Å². The third-order valence-corrected chi connectivity index (χ3v) is 13.6. The van der Waals surface area contributed by atoms with Gasteiger partial charge in [0.25, 0.3) is 0 Å². The van der Waals surface area contributed by atoms with Crippen molar-refractivity contribution in [2.75, 3.05) is 16.3 Å². The van der Waals surface area contributed by atoms with E-state index >= 15 is 0 Å². The van der Waals surface area contributed by atoms with Crippen LogP contribution in [0.4, 0.5) is 34.1 Å². The first-order valence-electron chi connectivity index (χ1n) is 22.8. The van der Waals surface area contributed by atoms with Gasteiger partial charge in [0.1, 0.15) is 0 Å². The molecule has 1 aliphatic rings. The molecule has 0 radical (unpaired) electrons. The SMILES string of the molecule is CCCCCCCCNC1(C(N)CCCCCCC)c2cc(N(c3ccc(C)cc3)c3ccc(Br)cc3)ccc2-c2ccc(N(c3ccc(C)cc3)c3ccc(Br)cc3)cc21. The van der Waals surface area contributed by atoms with Crippen LogP contribution >= 0.6 is 31.9 Å². The molecule has 1 atom stereocenters. The van der Waals surface area contributed by atoms with Crippen LogP contribution in [0.15, 0.2) is 142 Å². The number of anilines is 6. The molecule has 6 aromatic rings. The van der Waals surface area contributed by atoms with Crippen molar-refractivity contribution in [2.24, 2.45) is 5.73 Å². The highest BCUT2D eigenvalue weighted by atomic mass is 79.9. The van der Waals surface area contributed by atoms with Gasteiger partial charge in [-0.05, 0) is 153 Å². The highest BCUT2D eigenvalue weighted by molar-refractivity contribution is 9.10. The van der Waals surface area contributed by atoms with E-state index in [-0.39, 0.29) is 6.04 Å². The summed E-state index contributed by atoms with van der Waals surface area (Å²) in [6, 6.07) is 49.2. The molecule has 61 heavy (non-hydrogen) atoms. The summed E-state index contributed by atoms with van der Waals surface area (Å²) in [7, 11) is 0. The van der Waals surface area contributed by atoms with Crippen LogP contribution in [-0.2, 0) is 5.54 Å². The molecule has 0 heterocycles. The van der Waals surface area contributed by atoms with E-state index in [9.17, 15) is 0 Å². The van der Waals surface area contributed by atoms with Crippen molar-refractivity contribution in [2.45, 2.75) is 116 Å². The van der Waals surface area contributed by atoms with Gasteiger partial charge in [0.05, 0.1) is 5.54 Å². The molecule has 0 aliphatic heterocycles. The van der Waals surface area contributed by atoms with E-state index in [1.54, 1.807) is 0 Å². The number of unbranched alkanes of at least 4 members (excludes halogenated alkanes) is 9. The van der Waals surface area contributed by atoms with Gasteiger partial charge in [0, 0.05) is 49.1 Å². The highest BCUT2D eigenvalue weighted by Crippen LogP contribution is 2.53. The normalized spacial score (nSPS) is 13.2. The Morgan fingerprint density at radius 1 is 0.475 bits per heavy atom. The second kappa shape index (κ2) is 21.3. The first kappa shape index (κ1) is 44.8. The molecule has 0 saturated heterocycles. The molecule has 6 aromatic carbocycles. The van der Waals surface area contributed by atoms with Crippen LogP contribution < -0.4 is 20.9 Å². The summed E-state index contributed by atoms with van der Waals surface area (Å²) < 4.78 is 2.12. The summed E-state index contributed by atoms with van der Waals surface area (Å²) in [5, 5.41) is 4.30. The molecular formula is C55H64Br2N4. The van der Waals surface area contributed by atoms with Crippen LogP contribution in [0.5, 0.6) is 0 Å². The van der Waals surface area contributed by atoms with Crippen molar-refractivity contribution in [3.05, 3.63) is 165 Å². The quantitative estimate of drug-likeness (QED) is 0.0706. The maximum absolute atomic E-state index is 7.80. The van der Waals surface area contributed by atoms with Crippen molar-refractivity contribution < 1.29 is 0 Å². The minimum absolute atomic E-state index is 0.152. The Morgan fingerprint density at radius 3 is 1.26 bits per heavy atom. The number of rotatable bonds is 21. The van der Waals surface area contributed by atoms with E-state index in [1.807, 2.05) is 0 Å². The van der Waals surface area contributed by atoms with E-state index in [2.05, 4.69) is 208 Å².